The average molecular weight is 351 g/mol. The van der Waals surface area contributed by atoms with Crippen LogP contribution in [-0.2, 0) is 16.6 Å². The molecule has 0 saturated carbocycles. The molecule has 0 bridgehead atoms. The first-order valence-electron chi connectivity index (χ1n) is 5.75. The Kier molecular flexibility index (Phi) is 4.67. The van der Waals surface area contributed by atoms with Crippen molar-refractivity contribution in [3.8, 4) is 11.5 Å². The molecule has 0 unspecified atom stereocenters. The molecule has 1 aliphatic rings. The number of halogens is 1. The van der Waals surface area contributed by atoms with Gasteiger partial charge in [-0.15, -0.1) is 0 Å². The summed E-state index contributed by atoms with van der Waals surface area (Å²) in [4.78, 5) is 0. The van der Waals surface area contributed by atoms with E-state index in [1.165, 1.54) is 0 Å². The summed E-state index contributed by atoms with van der Waals surface area (Å²) in [6, 6.07) is 3.85. The zero-order valence-electron chi connectivity index (χ0n) is 10.2. The molecule has 2 rings (SSSR count). The average Bonchev–Trinajstić information content (AvgIpc) is 2.75. The van der Waals surface area contributed by atoms with Crippen LogP contribution in [0.2, 0.25) is 0 Å². The molecule has 8 heteroatoms. The van der Waals surface area contributed by atoms with Crippen molar-refractivity contribution in [2.45, 2.75) is 13.0 Å². The van der Waals surface area contributed by atoms with Crippen LogP contribution in [0.15, 0.2) is 16.6 Å². The number of ether oxygens (including phenoxy) is 2. The van der Waals surface area contributed by atoms with Gasteiger partial charge in [0.1, 0.15) is 0 Å². The second-order valence-electron chi connectivity index (χ2n) is 4.21. The Balaban J connectivity index is 1.82. The quantitative estimate of drug-likeness (QED) is 0.745. The summed E-state index contributed by atoms with van der Waals surface area (Å²) in [6.45, 7) is 1.45. The van der Waals surface area contributed by atoms with Crippen LogP contribution in [0.5, 0.6) is 11.5 Å². The Morgan fingerprint density at radius 3 is 2.89 bits per heavy atom. The molecule has 0 aliphatic carbocycles. The van der Waals surface area contributed by atoms with E-state index >= 15 is 0 Å². The minimum atomic E-state index is -3.37. The monoisotopic (exact) mass is 350 g/mol. The van der Waals surface area contributed by atoms with E-state index in [-0.39, 0.29) is 12.5 Å². The number of nitrogens with one attached hydrogen (secondary N) is 1. The van der Waals surface area contributed by atoms with E-state index in [1.54, 1.807) is 0 Å². The molecule has 0 saturated heterocycles. The van der Waals surface area contributed by atoms with Crippen molar-refractivity contribution in [3.63, 3.8) is 0 Å². The van der Waals surface area contributed by atoms with Crippen LogP contribution in [0.1, 0.15) is 12.0 Å². The molecule has 1 aliphatic heterocycles. The van der Waals surface area contributed by atoms with Crippen LogP contribution >= 0.6 is 15.9 Å². The number of nitrogens with two attached hydrogens (primary N) is 1. The highest BCUT2D eigenvalue weighted by Gasteiger charge is 2.17. The highest BCUT2D eigenvalue weighted by atomic mass is 79.9. The predicted octanol–water partition coefficient (Wildman–Crippen LogP) is 0.946. The molecule has 0 spiro atoms. The van der Waals surface area contributed by atoms with Gasteiger partial charge in [-0.05, 0) is 46.6 Å². The van der Waals surface area contributed by atoms with E-state index in [4.69, 9.17) is 14.6 Å². The van der Waals surface area contributed by atoms with Gasteiger partial charge in [-0.3, -0.25) is 0 Å². The third-order valence-corrected chi connectivity index (χ3v) is 4.05. The molecule has 0 radical (unpaired) electrons. The van der Waals surface area contributed by atoms with Crippen molar-refractivity contribution in [2.75, 3.05) is 19.1 Å². The van der Waals surface area contributed by atoms with Crippen molar-refractivity contribution in [1.29, 1.82) is 0 Å². The molecule has 0 aromatic heterocycles. The second kappa shape index (κ2) is 6.08. The second-order valence-corrected chi connectivity index (χ2v) is 6.80. The van der Waals surface area contributed by atoms with Crippen LogP contribution in [0.3, 0.4) is 0 Å². The van der Waals surface area contributed by atoms with Gasteiger partial charge in [0.2, 0.25) is 16.8 Å². The maximum atomic E-state index is 10.8. The highest BCUT2D eigenvalue weighted by Crippen LogP contribution is 2.39. The van der Waals surface area contributed by atoms with Gasteiger partial charge in [-0.2, -0.15) is 0 Å². The molecule has 6 nitrogen and oxygen atoms in total. The van der Waals surface area contributed by atoms with Crippen molar-refractivity contribution >= 4 is 26.0 Å². The Morgan fingerprint density at radius 2 is 2.16 bits per heavy atom. The number of fused-ring (bicyclic) bond motifs is 1. The number of primary sulfonamides is 1. The van der Waals surface area contributed by atoms with Gasteiger partial charge >= 0.3 is 0 Å². The summed E-state index contributed by atoms with van der Waals surface area (Å²) in [6.07, 6.45) is 0.491. The summed E-state index contributed by atoms with van der Waals surface area (Å²) in [7, 11) is -3.37. The summed E-state index contributed by atoms with van der Waals surface area (Å²) < 4.78 is 33.0. The Morgan fingerprint density at radius 1 is 1.37 bits per heavy atom. The summed E-state index contributed by atoms with van der Waals surface area (Å²) in [5.41, 5.74) is 1.03. The maximum absolute atomic E-state index is 10.8. The van der Waals surface area contributed by atoms with Crippen molar-refractivity contribution in [1.82, 2.24) is 5.32 Å². The van der Waals surface area contributed by atoms with Crippen molar-refractivity contribution in [3.05, 3.63) is 22.2 Å². The fraction of sp³-hybridized carbons (Fsp3) is 0.455. The van der Waals surface area contributed by atoms with Crippen LogP contribution < -0.4 is 19.9 Å². The normalized spacial score (nSPS) is 13.8. The molecule has 1 heterocycles. The first kappa shape index (κ1) is 14.6. The standard InChI is InChI=1S/C11H15BrN2O4S/c12-9-4-8(5-10-11(9)18-7-17-10)6-14-2-1-3-19(13,15)16/h4-5,14H,1-3,6-7H2,(H2,13,15,16). The van der Waals surface area contributed by atoms with Crippen LogP contribution in [0, 0.1) is 0 Å². The summed E-state index contributed by atoms with van der Waals surface area (Å²) in [5.74, 6) is 1.43. The third kappa shape index (κ3) is 4.34. The number of rotatable bonds is 6. The lowest BCUT2D eigenvalue weighted by molar-refractivity contribution is 0.173. The molecule has 1 aromatic carbocycles. The van der Waals surface area contributed by atoms with Crippen LogP contribution in [0.25, 0.3) is 0 Å². The number of benzene rings is 1. The van der Waals surface area contributed by atoms with Gasteiger partial charge in [-0.1, -0.05) is 0 Å². The molecule has 3 N–H and O–H groups in total. The SMILES string of the molecule is NS(=O)(=O)CCCNCc1cc(Br)c2c(c1)OCO2. The lowest BCUT2D eigenvalue weighted by atomic mass is 10.2. The molecule has 0 fully saturated rings. The third-order valence-electron chi connectivity index (χ3n) is 2.60. The topological polar surface area (TPSA) is 90.7 Å². The van der Waals surface area contributed by atoms with Gasteiger partial charge in [0.05, 0.1) is 10.2 Å². The fourth-order valence-corrected chi connectivity index (χ4v) is 2.90. The number of hydrogen-bond donors (Lipinski definition) is 2. The Bertz CT molecular complexity index is 562. The zero-order valence-corrected chi connectivity index (χ0v) is 12.6. The summed E-state index contributed by atoms with van der Waals surface area (Å²) in [5, 5.41) is 8.07. The van der Waals surface area contributed by atoms with E-state index in [0.717, 1.165) is 21.5 Å². The minimum Gasteiger partial charge on any atom is -0.454 e. The van der Waals surface area contributed by atoms with Crippen LogP contribution in [0.4, 0.5) is 0 Å². The van der Waals surface area contributed by atoms with Gasteiger partial charge in [0.25, 0.3) is 0 Å². The predicted molar refractivity (Wildman–Crippen MR) is 74.6 cm³/mol. The molecular formula is C11H15BrN2O4S. The van der Waals surface area contributed by atoms with E-state index in [2.05, 4.69) is 21.2 Å². The van der Waals surface area contributed by atoms with E-state index in [0.29, 0.717) is 19.5 Å². The molecule has 106 valence electrons. The van der Waals surface area contributed by atoms with Crippen LogP contribution in [-0.4, -0.2) is 27.5 Å². The first-order chi connectivity index (χ1) is 8.96. The van der Waals surface area contributed by atoms with Gasteiger partial charge in [0.15, 0.2) is 11.5 Å². The molecule has 19 heavy (non-hydrogen) atoms. The minimum absolute atomic E-state index is 0.00909. The van der Waals surface area contributed by atoms with Gasteiger partial charge < -0.3 is 14.8 Å². The molecule has 1 aromatic rings. The first-order valence-corrected chi connectivity index (χ1v) is 8.26. The fourth-order valence-electron chi connectivity index (χ4n) is 1.75. The lowest BCUT2D eigenvalue weighted by Crippen LogP contribution is -2.22. The van der Waals surface area contributed by atoms with Crippen molar-refractivity contribution < 1.29 is 17.9 Å². The Labute approximate surface area is 120 Å². The zero-order chi connectivity index (χ0) is 13.9. The van der Waals surface area contributed by atoms with E-state index < -0.39 is 10.0 Å². The Hall–Kier alpha value is -0.830. The summed E-state index contributed by atoms with van der Waals surface area (Å²) >= 11 is 3.42. The largest absolute Gasteiger partial charge is 0.454 e. The smallest absolute Gasteiger partial charge is 0.231 e. The van der Waals surface area contributed by atoms with E-state index in [1.807, 2.05) is 12.1 Å². The maximum Gasteiger partial charge on any atom is 0.231 e. The molecule has 0 atom stereocenters. The lowest BCUT2D eigenvalue weighted by Gasteiger charge is -2.07. The van der Waals surface area contributed by atoms with Crippen molar-refractivity contribution in [2.24, 2.45) is 5.14 Å². The number of hydrogen-bond acceptors (Lipinski definition) is 5. The highest BCUT2D eigenvalue weighted by molar-refractivity contribution is 9.10. The molecular weight excluding hydrogens is 336 g/mol. The van der Waals surface area contributed by atoms with Gasteiger partial charge in [-0.25, -0.2) is 13.6 Å². The molecule has 0 amide bonds. The van der Waals surface area contributed by atoms with E-state index in [9.17, 15) is 8.42 Å². The van der Waals surface area contributed by atoms with Gasteiger partial charge in [0, 0.05) is 6.54 Å². The number of sulfonamides is 1.